The number of aromatic nitrogens is 2. The highest BCUT2D eigenvalue weighted by molar-refractivity contribution is 6.08. The van der Waals surface area contributed by atoms with Gasteiger partial charge in [0.15, 0.2) is 6.61 Å². The third-order valence-corrected chi connectivity index (χ3v) is 5.03. The molecule has 0 aliphatic heterocycles. The molecule has 0 fully saturated rings. The molecule has 0 aliphatic rings. The first-order valence-electron chi connectivity index (χ1n) is 9.72. The summed E-state index contributed by atoms with van der Waals surface area (Å²) in [5, 5.41) is 6.99. The van der Waals surface area contributed by atoms with Crippen LogP contribution in [0.3, 0.4) is 0 Å². The van der Waals surface area contributed by atoms with Gasteiger partial charge in [-0.1, -0.05) is 47.6 Å². The fourth-order valence-corrected chi connectivity index (χ4v) is 3.55. The number of carbonyl (C=O) groups is 1. The molecule has 3 aromatic carbocycles. The first-order chi connectivity index (χ1) is 15.2. The topological polar surface area (TPSA) is 87.6 Å². The number of hydrogen-bond donors (Lipinski definition) is 0. The minimum Gasteiger partial charge on any atom is -0.497 e. The molecule has 0 radical (unpaired) electrons. The van der Waals surface area contributed by atoms with Crippen molar-refractivity contribution in [3.8, 4) is 17.1 Å². The van der Waals surface area contributed by atoms with Crippen molar-refractivity contribution in [3.63, 3.8) is 0 Å². The van der Waals surface area contributed by atoms with Crippen molar-refractivity contribution in [2.24, 2.45) is 0 Å². The second-order valence-electron chi connectivity index (χ2n) is 7.00. The zero-order valence-electron chi connectivity index (χ0n) is 16.7. The Morgan fingerprint density at radius 2 is 1.97 bits per heavy atom. The van der Waals surface area contributed by atoms with E-state index >= 15 is 0 Å². The van der Waals surface area contributed by atoms with Gasteiger partial charge in [0.2, 0.25) is 5.82 Å². The van der Waals surface area contributed by atoms with Gasteiger partial charge < -0.3 is 18.4 Å². The van der Waals surface area contributed by atoms with Gasteiger partial charge in [0.05, 0.1) is 19.8 Å². The van der Waals surface area contributed by atoms with E-state index in [4.69, 9.17) is 18.4 Å². The van der Waals surface area contributed by atoms with Gasteiger partial charge in [-0.15, -0.1) is 0 Å². The number of nitrogens with zero attached hydrogens (tertiary/aromatic N) is 2. The lowest BCUT2D eigenvalue weighted by Crippen LogP contribution is -2.08. The molecule has 5 rings (SSSR count). The van der Waals surface area contributed by atoms with E-state index < -0.39 is 5.97 Å². The Morgan fingerprint density at radius 3 is 2.87 bits per heavy atom. The van der Waals surface area contributed by atoms with Gasteiger partial charge in [-0.25, -0.2) is 0 Å². The van der Waals surface area contributed by atoms with Crippen LogP contribution < -0.4 is 4.74 Å². The lowest BCUT2D eigenvalue weighted by atomic mass is 10.0. The molecule has 2 aromatic heterocycles. The van der Waals surface area contributed by atoms with Crippen LogP contribution in [0.5, 0.6) is 5.75 Å². The van der Waals surface area contributed by atoms with E-state index in [1.807, 2.05) is 54.6 Å². The van der Waals surface area contributed by atoms with Gasteiger partial charge in [-0.3, -0.25) is 4.79 Å². The van der Waals surface area contributed by atoms with Crippen molar-refractivity contribution in [2.75, 3.05) is 7.11 Å². The molecule has 0 saturated carbocycles. The van der Waals surface area contributed by atoms with Crippen molar-refractivity contribution >= 4 is 27.7 Å². The fourth-order valence-electron chi connectivity index (χ4n) is 3.55. The van der Waals surface area contributed by atoms with Crippen molar-refractivity contribution < 1.29 is 23.2 Å². The first kappa shape index (κ1) is 18.9. The lowest BCUT2D eigenvalue weighted by molar-refractivity contribution is -0.144. The zero-order chi connectivity index (χ0) is 21.2. The Hall–Kier alpha value is -4.13. The summed E-state index contributed by atoms with van der Waals surface area (Å²) < 4.78 is 21.4. The minimum atomic E-state index is -0.406. The molecule has 0 atom stereocenters. The van der Waals surface area contributed by atoms with Crippen LogP contribution in [-0.4, -0.2) is 23.2 Å². The summed E-state index contributed by atoms with van der Waals surface area (Å²) in [6.07, 6.45) is 1.68. The van der Waals surface area contributed by atoms with Gasteiger partial charge >= 0.3 is 5.97 Å². The molecule has 0 unspecified atom stereocenters. The van der Waals surface area contributed by atoms with Gasteiger partial charge in [0.25, 0.3) is 5.89 Å². The molecule has 0 N–H and O–H groups in total. The monoisotopic (exact) mass is 414 g/mol. The molecule has 7 heteroatoms. The van der Waals surface area contributed by atoms with E-state index in [0.29, 0.717) is 11.6 Å². The van der Waals surface area contributed by atoms with Gasteiger partial charge in [0, 0.05) is 16.5 Å². The number of carbonyl (C=O) groups excluding carboxylic acids is 1. The molecule has 0 saturated heterocycles. The lowest BCUT2D eigenvalue weighted by Gasteiger charge is -2.03. The van der Waals surface area contributed by atoms with Crippen LogP contribution in [0.15, 0.2) is 75.9 Å². The zero-order valence-corrected chi connectivity index (χ0v) is 16.7. The smallest absolute Gasteiger partial charge is 0.310 e. The summed E-state index contributed by atoms with van der Waals surface area (Å²) in [7, 11) is 1.59. The maximum Gasteiger partial charge on any atom is 0.310 e. The number of hydrogen-bond acceptors (Lipinski definition) is 7. The van der Waals surface area contributed by atoms with Crippen LogP contribution in [0.4, 0.5) is 0 Å². The SMILES string of the molecule is COc1cccc(-c2noc(COC(=O)Cc3coc4ccc5ccccc5c34)n2)c1. The van der Waals surface area contributed by atoms with Crippen LogP contribution in [0.2, 0.25) is 0 Å². The second-order valence-corrected chi connectivity index (χ2v) is 7.00. The predicted octanol–water partition coefficient (Wildman–Crippen LogP) is 4.93. The van der Waals surface area contributed by atoms with E-state index in [1.165, 1.54) is 0 Å². The van der Waals surface area contributed by atoms with E-state index in [9.17, 15) is 4.79 Å². The van der Waals surface area contributed by atoms with Crippen LogP contribution in [-0.2, 0) is 22.6 Å². The molecule has 0 aliphatic carbocycles. The third-order valence-electron chi connectivity index (χ3n) is 5.03. The number of rotatable bonds is 6. The van der Waals surface area contributed by atoms with E-state index in [2.05, 4.69) is 10.1 Å². The van der Waals surface area contributed by atoms with Gasteiger partial charge in [-0.05, 0) is 29.0 Å². The number of furan rings is 1. The fraction of sp³-hybridized carbons (Fsp3) is 0.125. The average molecular weight is 414 g/mol. The minimum absolute atomic E-state index is 0.0812. The van der Waals surface area contributed by atoms with Gasteiger partial charge in [0.1, 0.15) is 11.3 Å². The molecular formula is C24H18N2O5. The standard InChI is InChI=1S/C24H18N2O5/c1-28-18-7-4-6-16(11-18)24-25-21(31-26-24)14-30-22(27)12-17-13-29-20-10-9-15-5-2-3-8-19(15)23(17)20/h2-11,13H,12,14H2,1H3. The molecule has 5 aromatic rings. The predicted molar refractivity (Wildman–Crippen MR) is 114 cm³/mol. The van der Waals surface area contributed by atoms with Crippen LogP contribution in [0.1, 0.15) is 11.5 Å². The van der Waals surface area contributed by atoms with Crippen LogP contribution in [0, 0.1) is 0 Å². The summed E-state index contributed by atoms with van der Waals surface area (Å²) in [5.74, 6) is 0.901. The summed E-state index contributed by atoms with van der Waals surface area (Å²) in [6.45, 7) is -0.105. The van der Waals surface area contributed by atoms with E-state index in [-0.39, 0.29) is 18.9 Å². The normalized spacial score (nSPS) is 11.1. The highest BCUT2D eigenvalue weighted by Gasteiger charge is 2.16. The Kier molecular flexibility index (Phi) is 4.84. The van der Waals surface area contributed by atoms with E-state index in [0.717, 1.165) is 32.9 Å². The van der Waals surface area contributed by atoms with Crippen molar-refractivity contribution in [1.29, 1.82) is 0 Å². The molecule has 0 amide bonds. The highest BCUT2D eigenvalue weighted by Crippen LogP contribution is 2.30. The highest BCUT2D eigenvalue weighted by atomic mass is 16.6. The number of esters is 1. The van der Waals surface area contributed by atoms with Gasteiger partial charge in [-0.2, -0.15) is 4.98 Å². The first-order valence-corrected chi connectivity index (χ1v) is 9.72. The van der Waals surface area contributed by atoms with Crippen LogP contribution in [0.25, 0.3) is 33.1 Å². The average Bonchev–Trinajstić information content (AvgIpc) is 3.45. The van der Waals surface area contributed by atoms with Crippen molar-refractivity contribution in [1.82, 2.24) is 10.1 Å². The molecule has 7 nitrogen and oxygen atoms in total. The summed E-state index contributed by atoms with van der Waals surface area (Å²) in [6, 6.07) is 19.2. The second kappa shape index (κ2) is 7.95. The Bertz CT molecular complexity index is 1390. The Labute approximate surface area is 177 Å². The summed E-state index contributed by atoms with van der Waals surface area (Å²) in [4.78, 5) is 16.7. The maximum absolute atomic E-state index is 12.5. The molecule has 31 heavy (non-hydrogen) atoms. The van der Waals surface area contributed by atoms with Crippen LogP contribution >= 0.6 is 0 Å². The molecule has 2 heterocycles. The summed E-state index contributed by atoms with van der Waals surface area (Å²) >= 11 is 0. The molecule has 0 spiro atoms. The largest absolute Gasteiger partial charge is 0.497 e. The summed E-state index contributed by atoms with van der Waals surface area (Å²) in [5.41, 5.74) is 2.26. The molecule has 154 valence electrons. The third kappa shape index (κ3) is 3.73. The maximum atomic E-state index is 12.5. The Balaban J connectivity index is 1.29. The quantitative estimate of drug-likeness (QED) is 0.364. The number of ether oxygens (including phenoxy) is 2. The molecular weight excluding hydrogens is 396 g/mol. The molecule has 0 bridgehead atoms. The van der Waals surface area contributed by atoms with Crippen molar-refractivity contribution in [3.05, 3.63) is 78.4 Å². The number of methoxy groups -OCH3 is 1. The van der Waals surface area contributed by atoms with E-state index in [1.54, 1.807) is 19.4 Å². The number of benzene rings is 3. The Morgan fingerprint density at radius 1 is 1.06 bits per heavy atom. The number of fused-ring (bicyclic) bond motifs is 3. The van der Waals surface area contributed by atoms with Crippen molar-refractivity contribution in [2.45, 2.75) is 13.0 Å².